The lowest BCUT2D eigenvalue weighted by Gasteiger charge is -2.25. The molecule has 0 aliphatic rings. The molecule has 2 rings (SSSR count). The third-order valence-electron chi connectivity index (χ3n) is 3.50. The third kappa shape index (κ3) is 4.05. The molecule has 1 N–H and O–H groups in total. The van der Waals surface area contributed by atoms with Crippen molar-refractivity contribution in [2.45, 2.75) is 26.8 Å². The molecular weight excluding hydrogens is 264 g/mol. The van der Waals surface area contributed by atoms with Crippen molar-refractivity contribution >= 4 is 11.8 Å². The van der Waals surface area contributed by atoms with Crippen molar-refractivity contribution in [3.8, 4) is 0 Å². The summed E-state index contributed by atoms with van der Waals surface area (Å²) in [7, 11) is 0. The Kier molecular flexibility index (Phi) is 4.93. The van der Waals surface area contributed by atoms with Crippen LogP contribution in [0.2, 0.25) is 0 Å². The van der Waals surface area contributed by atoms with E-state index in [2.05, 4.69) is 24.0 Å². The second-order valence-corrected chi connectivity index (χ2v) is 5.14. The molecule has 0 saturated carbocycles. The van der Waals surface area contributed by atoms with E-state index in [1.807, 2.05) is 36.1 Å². The molecule has 4 heteroatoms. The Morgan fingerprint density at radius 1 is 1.14 bits per heavy atom. The van der Waals surface area contributed by atoms with Crippen molar-refractivity contribution in [3.05, 3.63) is 59.3 Å². The highest BCUT2D eigenvalue weighted by Crippen LogP contribution is 2.20. The standard InChI is InChI=1S/C17H20N2O2/c1-13-6-3-4-8-15(13)12-19(11-9-16(20)21)17-14(2)7-5-10-18-17/h3-8,10H,9,11-12H2,1-2H3,(H,20,21). The van der Waals surface area contributed by atoms with Gasteiger partial charge in [-0.1, -0.05) is 30.3 Å². The number of pyridine rings is 1. The maximum absolute atomic E-state index is 10.9. The number of benzene rings is 1. The van der Waals surface area contributed by atoms with E-state index in [4.69, 9.17) is 5.11 Å². The second-order valence-electron chi connectivity index (χ2n) is 5.14. The van der Waals surface area contributed by atoms with Crippen LogP contribution in [0, 0.1) is 13.8 Å². The fraction of sp³-hybridized carbons (Fsp3) is 0.294. The number of nitrogens with zero attached hydrogens (tertiary/aromatic N) is 2. The molecule has 110 valence electrons. The molecule has 0 aliphatic heterocycles. The van der Waals surface area contributed by atoms with Gasteiger partial charge in [0.2, 0.25) is 0 Å². The average molecular weight is 284 g/mol. The maximum atomic E-state index is 10.9. The fourth-order valence-corrected chi connectivity index (χ4v) is 2.29. The van der Waals surface area contributed by atoms with Gasteiger partial charge in [-0.25, -0.2) is 4.98 Å². The number of aryl methyl sites for hydroxylation is 2. The predicted octanol–water partition coefficient (Wildman–Crippen LogP) is 3.18. The van der Waals surface area contributed by atoms with Gasteiger partial charge in [-0.2, -0.15) is 0 Å². The van der Waals surface area contributed by atoms with E-state index in [0.29, 0.717) is 13.1 Å². The van der Waals surface area contributed by atoms with Crippen LogP contribution < -0.4 is 4.90 Å². The first-order valence-corrected chi connectivity index (χ1v) is 7.01. The Balaban J connectivity index is 2.26. The third-order valence-corrected chi connectivity index (χ3v) is 3.50. The summed E-state index contributed by atoms with van der Waals surface area (Å²) in [6.07, 6.45) is 1.84. The normalized spacial score (nSPS) is 10.4. The van der Waals surface area contributed by atoms with Gasteiger partial charge in [0, 0.05) is 19.3 Å². The number of carboxylic acids is 1. The van der Waals surface area contributed by atoms with Crippen molar-refractivity contribution < 1.29 is 9.90 Å². The number of carbonyl (C=O) groups is 1. The van der Waals surface area contributed by atoms with E-state index < -0.39 is 5.97 Å². The number of hydrogen-bond acceptors (Lipinski definition) is 3. The molecule has 0 unspecified atom stereocenters. The summed E-state index contributed by atoms with van der Waals surface area (Å²) >= 11 is 0. The zero-order valence-electron chi connectivity index (χ0n) is 12.4. The van der Waals surface area contributed by atoms with Crippen molar-refractivity contribution in [1.29, 1.82) is 0 Å². The van der Waals surface area contributed by atoms with Crippen LogP contribution in [0.1, 0.15) is 23.1 Å². The molecule has 0 amide bonds. The second kappa shape index (κ2) is 6.88. The number of anilines is 1. The van der Waals surface area contributed by atoms with Gasteiger partial charge in [-0.3, -0.25) is 4.79 Å². The largest absolute Gasteiger partial charge is 0.481 e. The minimum Gasteiger partial charge on any atom is -0.481 e. The first kappa shape index (κ1) is 15.0. The number of carboxylic acid groups (broad SMARTS) is 1. The van der Waals surface area contributed by atoms with Crippen LogP contribution in [0.5, 0.6) is 0 Å². The molecule has 21 heavy (non-hydrogen) atoms. The lowest BCUT2D eigenvalue weighted by molar-refractivity contribution is -0.136. The molecule has 0 radical (unpaired) electrons. The summed E-state index contributed by atoms with van der Waals surface area (Å²) in [5, 5.41) is 8.95. The highest BCUT2D eigenvalue weighted by Gasteiger charge is 2.13. The average Bonchev–Trinajstić information content (AvgIpc) is 2.46. The molecule has 2 aromatic rings. The van der Waals surface area contributed by atoms with Crippen LogP contribution >= 0.6 is 0 Å². The van der Waals surface area contributed by atoms with Gasteiger partial charge in [0.25, 0.3) is 0 Å². The van der Waals surface area contributed by atoms with Gasteiger partial charge >= 0.3 is 5.97 Å². The smallest absolute Gasteiger partial charge is 0.305 e. The molecule has 0 aliphatic carbocycles. The van der Waals surface area contributed by atoms with E-state index in [0.717, 1.165) is 11.4 Å². The number of aromatic nitrogens is 1. The van der Waals surface area contributed by atoms with Crippen LogP contribution in [-0.2, 0) is 11.3 Å². The SMILES string of the molecule is Cc1ccccc1CN(CCC(=O)O)c1ncccc1C. The summed E-state index contributed by atoms with van der Waals surface area (Å²) < 4.78 is 0. The van der Waals surface area contributed by atoms with Crippen LogP contribution in [0.15, 0.2) is 42.6 Å². The molecule has 0 bridgehead atoms. The number of hydrogen-bond donors (Lipinski definition) is 1. The van der Waals surface area contributed by atoms with Crippen LogP contribution in [0.4, 0.5) is 5.82 Å². The lowest BCUT2D eigenvalue weighted by Crippen LogP contribution is -2.27. The van der Waals surface area contributed by atoms with Gasteiger partial charge in [-0.15, -0.1) is 0 Å². The first-order chi connectivity index (χ1) is 10.1. The minimum absolute atomic E-state index is 0.0991. The van der Waals surface area contributed by atoms with Crippen LogP contribution in [-0.4, -0.2) is 22.6 Å². The van der Waals surface area contributed by atoms with Crippen molar-refractivity contribution in [2.24, 2.45) is 0 Å². The number of rotatable bonds is 6. The fourth-order valence-electron chi connectivity index (χ4n) is 2.29. The summed E-state index contributed by atoms with van der Waals surface area (Å²) in [4.78, 5) is 17.3. The summed E-state index contributed by atoms with van der Waals surface area (Å²) in [5.74, 6) is 0.0559. The molecule has 1 aromatic heterocycles. The van der Waals surface area contributed by atoms with Crippen LogP contribution in [0.25, 0.3) is 0 Å². The number of aliphatic carboxylic acids is 1. The minimum atomic E-state index is -0.793. The Morgan fingerprint density at radius 2 is 1.86 bits per heavy atom. The maximum Gasteiger partial charge on any atom is 0.305 e. The van der Waals surface area contributed by atoms with Gasteiger partial charge in [-0.05, 0) is 36.6 Å². The molecule has 0 saturated heterocycles. The molecular formula is C17H20N2O2. The first-order valence-electron chi connectivity index (χ1n) is 7.01. The monoisotopic (exact) mass is 284 g/mol. The molecule has 0 spiro atoms. The van der Waals surface area contributed by atoms with Gasteiger partial charge in [0.05, 0.1) is 6.42 Å². The Morgan fingerprint density at radius 3 is 2.52 bits per heavy atom. The van der Waals surface area contributed by atoms with Gasteiger partial charge in [0.15, 0.2) is 0 Å². The zero-order valence-corrected chi connectivity index (χ0v) is 12.4. The van der Waals surface area contributed by atoms with E-state index >= 15 is 0 Å². The molecule has 0 atom stereocenters. The van der Waals surface area contributed by atoms with Crippen molar-refractivity contribution in [3.63, 3.8) is 0 Å². The molecule has 1 heterocycles. The Labute approximate surface area is 125 Å². The molecule has 1 aromatic carbocycles. The highest BCUT2D eigenvalue weighted by atomic mass is 16.4. The summed E-state index contributed by atoms with van der Waals surface area (Å²) in [6, 6.07) is 12.0. The van der Waals surface area contributed by atoms with Crippen molar-refractivity contribution in [1.82, 2.24) is 4.98 Å². The van der Waals surface area contributed by atoms with E-state index in [1.165, 1.54) is 11.1 Å². The summed E-state index contributed by atoms with van der Waals surface area (Å²) in [6.45, 7) is 5.17. The van der Waals surface area contributed by atoms with Gasteiger partial charge in [0.1, 0.15) is 5.82 Å². The lowest BCUT2D eigenvalue weighted by atomic mass is 10.1. The zero-order chi connectivity index (χ0) is 15.2. The topological polar surface area (TPSA) is 53.4 Å². The van der Waals surface area contributed by atoms with Crippen LogP contribution in [0.3, 0.4) is 0 Å². The predicted molar refractivity (Wildman–Crippen MR) is 83.5 cm³/mol. The van der Waals surface area contributed by atoms with E-state index in [1.54, 1.807) is 6.20 Å². The Hall–Kier alpha value is -2.36. The highest BCUT2D eigenvalue weighted by molar-refractivity contribution is 5.67. The van der Waals surface area contributed by atoms with Crippen molar-refractivity contribution in [2.75, 3.05) is 11.4 Å². The summed E-state index contributed by atoms with van der Waals surface area (Å²) in [5.41, 5.74) is 3.44. The Bertz CT molecular complexity index is 626. The van der Waals surface area contributed by atoms with E-state index in [9.17, 15) is 4.79 Å². The quantitative estimate of drug-likeness (QED) is 0.885. The van der Waals surface area contributed by atoms with Gasteiger partial charge < -0.3 is 10.0 Å². The molecule has 4 nitrogen and oxygen atoms in total. The van der Waals surface area contributed by atoms with E-state index in [-0.39, 0.29) is 6.42 Å². The molecule has 0 fully saturated rings.